The third-order valence-electron chi connectivity index (χ3n) is 4.22. The van der Waals surface area contributed by atoms with Gasteiger partial charge in [-0.25, -0.2) is 9.78 Å². The molecule has 1 amide bonds. The fourth-order valence-corrected chi connectivity index (χ4v) is 3.75. The number of aromatic nitrogens is 2. The summed E-state index contributed by atoms with van der Waals surface area (Å²) in [7, 11) is 0. The van der Waals surface area contributed by atoms with Gasteiger partial charge in [-0.2, -0.15) is 0 Å². The topological polar surface area (TPSA) is 101 Å². The van der Waals surface area contributed by atoms with Gasteiger partial charge in [-0.3, -0.25) is 14.2 Å². The van der Waals surface area contributed by atoms with E-state index in [-0.39, 0.29) is 22.8 Å². The second-order valence-electron chi connectivity index (χ2n) is 6.47. The van der Waals surface area contributed by atoms with Crippen LogP contribution in [0.1, 0.15) is 48.9 Å². The van der Waals surface area contributed by atoms with Crippen molar-refractivity contribution in [1.82, 2.24) is 9.55 Å². The minimum absolute atomic E-state index is 0.0382. The molecule has 0 spiro atoms. The van der Waals surface area contributed by atoms with Gasteiger partial charge in [0.25, 0.3) is 5.56 Å². The molecule has 0 bridgehead atoms. The summed E-state index contributed by atoms with van der Waals surface area (Å²) >= 11 is 1.11. The van der Waals surface area contributed by atoms with E-state index < -0.39 is 17.6 Å². The first-order valence-corrected chi connectivity index (χ1v) is 9.32. The molecule has 2 heterocycles. The number of nitrogens with one attached hydrogen (secondary N) is 1. The van der Waals surface area contributed by atoms with Crippen LogP contribution in [0.5, 0.6) is 0 Å². The molecule has 3 aromatic rings. The van der Waals surface area contributed by atoms with Crippen molar-refractivity contribution in [2.45, 2.75) is 32.7 Å². The number of rotatable bonds is 5. The third-order valence-corrected chi connectivity index (χ3v) is 5.09. The molecule has 1 aromatic carbocycles. The standard InChI is InChI=1S/C19H19N3O4S/c1-10(2)15-21-17-14(13(9-27-17)19(25)26)18(24)22(15)11(3)16(23)20-12-7-5-4-6-8-12/h4-11H,1-3H3,(H,20,23)(H,25,26). The largest absolute Gasteiger partial charge is 0.478 e. The van der Waals surface area contributed by atoms with E-state index in [9.17, 15) is 19.5 Å². The number of anilines is 1. The first-order valence-electron chi connectivity index (χ1n) is 8.44. The Morgan fingerprint density at radius 2 is 1.85 bits per heavy atom. The first-order chi connectivity index (χ1) is 12.8. The van der Waals surface area contributed by atoms with Crippen LogP contribution in [0, 0.1) is 0 Å². The smallest absolute Gasteiger partial charge is 0.337 e. The molecule has 0 fully saturated rings. The summed E-state index contributed by atoms with van der Waals surface area (Å²) in [6, 6.07) is 8.07. The summed E-state index contributed by atoms with van der Waals surface area (Å²) in [6.45, 7) is 5.35. The van der Waals surface area contributed by atoms with Crippen LogP contribution in [0.15, 0.2) is 40.5 Å². The van der Waals surface area contributed by atoms with E-state index in [0.29, 0.717) is 16.3 Å². The maximum atomic E-state index is 13.1. The molecule has 2 aromatic heterocycles. The summed E-state index contributed by atoms with van der Waals surface area (Å²) in [5, 5.41) is 13.6. The van der Waals surface area contributed by atoms with E-state index >= 15 is 0 Å². The molecule has 0 aliphatic rings. The van der Waals surface area contributed by atoms with Gasteiger partial charge in [0.1, 0.15) is 16.7 Å². The van der Waals surface area contributed by atoms with Crippen LogP contribution in [0.3, 0.4) is 0 Å². The van der Waals surface area contributed by atoms with Crippen molar-refractivity contribution in [3.05, 3.63) is 57.5 Å². The van der Waals surface area contributed by atoms with Crippen molar-refractivity contribution in [3.8, 4) is 0 Å². The molecule has 7 nitrogen and oxygen atoms in total. The molecule has 2 N–H and O–H groups in total. The zero-order valence-corrected chi connectivity index (χ0v) is 15.9. The van der Waals surface area contributed by atoms with Gasteiger partial charge in [0.2, 0.25) is 5.91 Å². The first kappa shape index (κ1) is 18.8. The Balaban J connectivity index is 2.13. The quantitative estimate of drug-likeness (QED) is 0.700. The number of carbonyl (C=O) groups is 2. The number of carbonyl (C=O) groups excluding carboxylic acids is 1. The lowest BCUT2D eigenvalue weighted by Gasteiger charge is -2.20. The van der Waals surface area contributed by atoms with Crippen molar-refractivity contribution in [2.24, 2.45) is 0 Å². The number of fused-ring (bicyclic) bond motifs is 1. The monoisotopic (exact) mass is 385 g/mol. The highest BCUT2D eigenvalue weighted by molar-refractivity contribution is 7.17. The minimum atomic E-state index is -1.19. The third kappa shape index (κ3) is 3.48. The molecule has 0 aliphatic heterocycles. The Kier molecular flexibility index (Phi) is 5.09. The second kappa shape index (κ2) is 7.32. The summed E-state index contributed by atoms with van der Waals surface area (Å²) < 4.78 is 1.30. The van der Waals surface area contributed by atoms with E-state index in [0.717, 1.165) is 11.3 Å². The Morgan fingerprint density at radius 1 is 1.19 bits per heavy atom. The number of aromatic carboxylic acids is 1. The number of thiophene rings is 1. The van der Waals surface area contributed by atoms with E-state index in [4.69, 9.17) is 0 Å². The molecule has 0 aliphatic carbocycles. The van der Waals surface area contributed by atoms with Gasteiger partial charge in [0, 0.05) is 17.0 Å². The van der Waals surface area contributed by atoms with Crippen LogP contribution in [0.25, 0.3) is 10.2 Å². The fourth-order valence-electron chi connectivity index (χ4n) is 2.84. The molecule has 1 unspecified atom stereocenters. The maximum absolute atomic E-state index is 13.1. The fraction of sp³-hybridized carbons (Fsp3) is 0.263. The molecule has 0 saturated heterocycles. The van der Waals surface area contributed by atoms with E-state index in [1.807, 2.05) is 19.9 Å². The zero-order valence-electron chi connectivity index (χ0n) is 15.1. The van der Waals surface area contributed by atoms with Crippen molar-refractivity contribution in [2.75, 3.05) is 5.32 Å². The Bertz CT molecular complexity index is 1070. The molecule has 3 rings (SSSR count). The van der Waals surface area contributed by atoms with Gasteiger partial charge >= 0.3 is 5.97 Å². The number of amides is 1. The molecule has 140 valence electrons. The summed E-state index contributed by atoms with van der Waals surface area (Å²) in [5.41, 5.74) is 0.00887. The lowest BCUT2D eigenvalue weighted by atomic mass is 10.1. The molecular formula is C19H19N3O4S. The van der Waals surface area contributed by atoms with Gasteiger partial charge < -0.3 is 10.4 Å². The van der Waals surface area contributed by atoms with E-state index in [2.05, 4.69) is 10.3 Å². The number of hydrogen-bond donors (Lipinski definition) is 2. The van der Waals surface area contributed by atoms with Gasteiger partial charge in [-0.1, -0.05) is 32.0 Å². The van der Waals surface area contributed by atoms with Crippen LogP contribution in [-0.2, 0) is 4.79 Å². The number of para-hydroxylation sites is 1. The second-order valence-corrected chi connectivity index (χ2v) is 7.32. The average Bonchev–Trinajstić information content (AvgIpc) is 3.06. The average molecular weight is 385 g/mol. The highest BCUT2D eigenvalue weighted by atomic mass is 32.1. The van der Waals surface area contributed by atoms with E-state index in [1.54, 1.807) is 31.2 Å². The number of benzene rings is 1. The number of carboxylic acid groups (broad SMARTS) is 1. The Hall–Kier alpha value is -3.00. The summed E-state index contributed by atoms with van der Waals surface area (Å²) in [4.78, 5) is 42.2. The molecular weight excluding hydrogens is 366 g/mol. The van der Waals surface area contributed by atoms with Gasteiger partial charge in [-0.15, -0.1) is 11.3 Å². The molecule has 0 saturated carbocycles. The molecule has 0 radical (unpaired) electrons. The molecule has 8 heteroatoms. The van der Waals surface area contributed by atoms with Crippen LogP contribution in [-0.4, -0.2) is 26.5 Å². The predicted molar refractivity (Wildman–Crippen MR) is 105 cm³/mol. The lowest BCUT2D eigenvalue weighted by Crippen LogP contribution is -2.35. The summed E-state index contributed by atoms with van der Waals surface area (Å²) in [6.07, 6.45) is 0. The van der Waals surface area contributed by atoms with Crippen molar-refractivity contribution >= 4 is 39.1 Å². The van der Waals surface area contributed by atoms with Gasteiger partial charge in [0.05, 0.1) is 10.9 Å². The van der Waals surface area contributed by atoms with Crippen LogP contribution in [0.4, 0.5) is 5.69 Å². The van der Waals surface area contributed by atoms with Gasteiger partial charge in [-0.05, 0) is 19.1 Å². The highest BCUT2D eigenvalue weighted by Gasteiger charge is 2.26. The van der Waals surface area contributed by atoms with Crippen molar-refractivity contribution < 1.29 is 14.7 Å². The van der Waals surface area contributed by atoms with E-state index in [1.165, 1.54) is 9.95 Å². The number of hydrogen-bond acceptors (Lipinski definition) is 5. The minimum Gasteiger partial charge on any atom is -0.478 e. The van der Waals surface area contributed by atoms with Crippen LogP contribution in [0.2, 0.25) is 0 Å². The highest BCUT2D eigenvalue weighted by Crippen LogP contribution is 2.25. The number of nitrogens with zero attached hydrogens (tertiary/aromatic N) is 2. The zero-order chi connectivity index (χ0) is 19.7. The molecule has 1 atom stereocenters. The van der Waals surface area contributed by atoms with Gasteiger partial charge in [0.15, 0.2) is 0 Å². The lowest BCUT2D eigenvalue weighted by molar-refractivity contribution is -0.118. The van der Waals surface area contributed by atoms with Crippen molar-refractivity contribution in [1.29, 1.82) is 0 Å². The normalized spacial score (nSPS) is 12.3. The number of carboxylic acids is 1. The maximum Gasteiger partial charge on any atom is 0.337 e. The predicted octanol–water partition coefficient (Wildman–Crippen LogP) is 3.48. The van der Waals surface area contributed by atoms with Crippen molar-refractivity contribution in [3.63, 3.8) is 0 Å². The SMILES string of the molecule is CC(C)c1nc2scc(C(=O)O)c2c(=O)n1C(C)C(=O)Nc1ccccc1. The Labute approximate surface area is 159 Å². The molecule has 27 heavy (non-hydrogen) atoms. The van der Waals surface area contributed by atoms with Crippen LogP contribution < -0.4 is 10.9 Å². The van der Waals surface area contributed by atoms with Crippen LogP contribution >= 0.6 is 11.3 Å². The summed E-state index contributed by atoms with van der Waals surface area (Å²) in [5.74, 6) is -1.24. The Morgan fingerprint density at radius 3 is 2.44 bits per heavy atom.